The molecule has 0 aliphatic carbocycles. The number of nitrogens with one attached hydrogen (secondary N) is 1. The molecule has 0 atom stereocenters. The summed E-state index contributed by atoms with van der Waals surface area (Å²) in [5, 5.41) is 2.83. The predicted octanol–water partition coefficient (Wildman–Crippen LogP) is 1.81. The number of hydrogen-bond acceptors (Lipinski definition) is 2. The van der Waals surface area contributed by atoms with Gasteiger partial charge in [0.15, 0.2) is 0 Å². The summed E-state index contributed by atoms with van der Waals surface area (Å²) in [4.78, 5) is 22.4. The van der Waals surface area contributed by atoms with Crippen molar-refractivity contribution in [1.82, 2.24) is 5.32 Å². The first-order valence-electron chi connectivity index (χ1n) is 5.57. The summed E-state index contributed by atoms with van der Waals surface area (Å²) in [6.07, 6.45) is 7.02. The van der Waals surface area contributed by atoms with E-state index in [1.54, 1.807) is 0 Å². The third-order valence-electron chi connectivity index (χ3n) is 2.59. The van der Waals surface area contributed by atoms with Crippen LogP contribution >= 0.6 is 0 Å². The molecule has 0 spiro atoms. The molecular formula is C11H19NO2. The minimum absolute atomic E-state index is 0.0268. The standard InChI is InChI=1S/C11H19NO2/c13-10-6-4-2-1-3-5-9-12-11(14)8-7-10/h1-9H2,(H,12,14). The van der Waals surface area contributed by atoms with Crippen LogP contribution in [0.1, 0.15) is 51.4 Å². The molecule has 1 rings (SSSR count). The lowest BCUT2D eigenvalue weighted by Gasteiger charge is -2.07. The van der Waals surface area contributed by atoms with E-state index >= 15 is 0 Å². The van der Waals surface area contributed by atoms with E-state index in [0.29, 0.717) is 19.3 Å². The first kappa shape index (κ1) is 11.2. The Morgan fingerprint density at radius 1 is 0.786 bits per heavy atom. The van der Waals surface area contributed by atoms with Crippen molar-refractivity contribution in [3.63, 3.8) is 0 Å². The van der Waals surface area contributed by atoms with Crippen molar-refractivity contribution in [3.05, 3.63) is 0 Å². The van der Waals surface area contributed by atoms with Crippen molar-refractivity contribution >= 4 is 11.7 Å². The first-order valence-corrected chi connectivity index (χ1v) is 5.57. The number of carbonyl (C=O) groups excluding carboxylic acids is 2. The lowest BCUT2D eigenvalue weighted by molar-refractivity contribution is -0.125. The van der Waals surface area contributed by atoms with Crippen LogP contribution in [0.3, 0.4) is 0 Å². The number of carbonyl (C=O) groups is 2. The second-order valence-electron chi connectivity index (χ2n) is 3.91. The molecule has 3 heteroatoms. The van der Waals surface area contributed by atoms with Crippen LogP contribution in [0.4, 0.5) is 0 Å². The number of hydrogen-bond donors (Lipinski definition) is 1. The molecule has 1 aliphatic rings. The minimum Gasteiger partial charge on any atom is -0.356 e. The maximum absolute atomic E-state index is 11.3. The molecular weight excluding hydrogens is 178 g/mol. The molecule has 1 N–H and O–H groups in total. The molecule has 14 heavy (non-hydrogen) atoms. The van der Waals surface area contributed by atoms with Crippen LogP contribution in [0.2, 0.25) is 0 Å². The summed E-state index contributed by atoms with van der Waals surface area (Å²) >= 11 is 0. The Morgan fingerprint density at radius 2 is 1.50 bits per heavy atom. The van der Waals surface area contributed by atoms with E-state index in [9.17, 15) is 9.59 Å². The van der Waals surface area contributed by atoms with Crippen LogP contribution in [-0.4, -0.2) is 18.2 Å². The molecule has 0 bridgehead atoms. The Morgan fingerprint density at radius 3 is 2.36 bits per heavy atom. The Labute approximate surface area is 85.3 Å². The number of Topliss-reactive ketones (excluding diaryl/α,β-unsaturated/α-hetero) is 1. The zero-order valence-electron chi connectivity index (χ0n) is 8.68. The lowest BCUT2D eigenvalue weighted by Crippen LogP contribution is -2.25. The van der Waals surface area contributed by atoms with Gasteiger partial charge in [-0.05, 0) is 12.8 Å². The highest BCUT2D eigenvalue weighted by atomic mass is 16.2. The second kappa shape index (κ2) is 6.57. The molecule has 1 heterocycles. The minimum atomic E-state index is 0.0268. The predicted molar refractivity (Wildman–Crippen MR) is 55.0 cm³/mol. The van der Waals surface area contributed by atoms with Crippen molar-refractivity contribution < 1.29 is 9.59 Å². The summed E-state index contributed by atoms with van der Waals surface area (Å²) in [5.74, 6) is 0.264. The Kier molecular flexibility index (Phi) is 5.27. The van der Waals surface area contributed by atoms with Gasteiger partial charge >= 0.3 is 0 Å². The van der Waals surface area contributed by atoms with Crippen LogP contribution in [-0.2, 0) is 9.59 Å². The van der Waals surface area contributed by atoms with Crippen molar-refractivity contribution in [2.75, 3.05) is 6.54 Å². The molecule has 1 fully saturated rings. The number of amides is 1. The van der Waals surface area contributed by atoms with Crippen LogP contribution in [0, 0.1) is 0 Å². The smallest absolute Gasteiger partial charge is 0.220 e. The lowest BCUT2D eigenvalue weighted by atomic mass is 10.0. The van der Waals surface area contributed by atoms with Crippen LogP contribution in [0.25, 0.3) is 0 Å². The topological polar surface area (TPSA) is 46.2 Å². The molecule has 1 amide bonds. The van der Waals surface area contributed by atoms with E-state index in [1.807, 2.05) is 0 Å². The average molecular weight is 197 g/mol. The Hall–Kier alpha value is -0.860. The second-order valence-corrected chi connectivity index (χ2v) is 3.91. The highest BCUT2D eigenvalue weighted by molar-refractivity contribution is 5.84. The molecule has 0 unspecified atom stereocenters. The summed E-state index contributed by atoms with van der Waals surface area (Å²) in [7, 11) is 0. The Balaban J connectivity index is 2.29. The van der Waals surface area contributed by atoms with Gasteiger partial charge in [0.05, 0.1) is 0 Å². The zero-order valence-corrected chi connectivity index (χ0v) is 8.68. The monoisotopic (exact) mass is 197 g/mol. The van der Waals surface area contributed by atoms with Crippen molar-refractivity contribution in [1.29, 1.82) is 0 Å². The number of rotatable bonds is 0. The highest BCUT2D eigenvalue weighted by Gasteiger charge is 2.07. The van der Waals surface area contributed by atoms with Gasteiger partial charge in [-0.15, -0.1) is 0 Å². The largest absolute Gasteiger partial charge is 0.356 e. The molecule has 3 nitrogen and oxygen atoms in total. The SMILES string of the molecule is O=C1CCCCCCCNC(=O)CC1. The van der Waals surface area contributed by atoms with Gasteiger partial charge in [-0.25, -0.2) is 0 Å². The summed E-state index contributed by atoms with van der Waals surface area (Å²) in [6, 6.07) is 0. The van der Waals surface area contributed by atoms with Crippen molar-refractivity contribution in [2.45, 2.75) is 51.4 Å². The highest BCUT2D eigenvalue weighted by Crippen LogP contribution is 2.08. The number of ketones is 1. The average Bonchev–Trinajstić information content (AvgIpc) is 2.17. The van der Waals surface area contributed by atoms with E-state index in [2.05, 4.69) is 5.32 Å². The van der Waals surface area contributed by atoms with Crippen molar-refractivity contribution in [2.24, 2.45) is 0 Å². The molecule has 80 valence electrons. The van der Waals surface area contributed by atoms with E-state index < -0.39 is 0 Å². The zero-order chi connectivity index (χ0) is 10.2. The van der Waals surface area contributed by atoms with Crippen molar-refractivity contribution in [3.8, 4) is 0 Å². The molecule has 0 aromatic rings. The molecule has 0 saturated carbocycles. The van der Waals surface area contributed by atoms with Gasteiger partial charge in [-0.1, -0.05) is 19.3 Å². The van der Waals surface area contributed by atoms with Crippen LogP contribution in [0.15, 0.2) is 0 Å². The quantitative estimate of drug-likeness (QED) is 0.643. The molecule has 0 aromatic heterocycles. The third kappa shape index (κ3) is 5.00. The van der Waals surface area contributed by atoms with Gasteiger partial charge in [0.2, 0.25) is 5.91 Å². The van der Waals surface area contributed by atoms with Gasteiger partial charge in [0.25, 0.3) is 0 Å². The van der Waals surface area contributed by atoms with Gasteiger partial charge in [0.1, 0.15) is 5.78 Å². The summed E-state index contributed by atoms with van der Waals surface area (Å²) in [6.45, 7) is 0.771. The van der Waals surface area contributed by atoms with E-state index in [1.165, 1.54) is 6.42 Å². The van der Waals surface area contributed by atoms with E-state index in [4.69, 9.17) is 0 Å². The van der Waals surface area contributed by atoms with Gasteiger partial charge in [0, 0.05) is 25.8 Å². The molecule has 1 aliphatic heterocycles. The van der Waals surface area contributed by atoms with Gasteiger partial charge in [-0.3, -0.25) is 9.59 Å². The van der Waals surface area contributed by atoms with Crippen LogP contribution in [0.5, 0.6) is 0 Å². The van der Waals surface area contributed by atoms with E-state index in [-0.39, 0.29) is 11.7 Å². The Bertz CT molecular complexity index is 179. The van der Waals surface area contributed by atoms with Crippen LogP contribution < -0.4 is 5.32 Å². The summed E-state index contributed by atoms with van der Waals surface area (Å²) < 4.78 is 0. The molecule has 1 saturated heterocycles. The maximum atomic E-state index is 11.3. The van der Waals surface area contributed by atoms with Gasteiger partial charge in [-0.2, -0.15) is 0 Å². The molecule has 0 radical (unpaired) electrons. The first-order chi connectivity index (χ1) is 6.79. The molecule has 0 aromatic carbocycles. The maximum Gasteiger partial charge on any atom is 0.220 e. The fourth-order valence-corrected chi connectivity index (χ4v) is 1.67. The third-order valence-corrected chi connectivity index (χ3v) is 2.59. The normalized spacial score (nSPS) is 22.0. The fraction of sp³-hybridized carbons (Fsp3) is 0.818. The van der Waals surface area contributed by atoms with Gasteiger partial charge < -0.3 is 5.32 Å². The summed E-state index contributed by atoms with van der Waals surface area (Å²) in [5.41, 5.74) is 0. The fourth-order valence-electron chi connectivity index (χ4n) is 1.67. The van der Waals surface area contributed by atoms with E-state index in [0.717, 1.165) is 32.2 Å².